The second kappa shape index (κ2) is 9.67. The van der Waals surface area contributed by atoms with Gasteiger partial charge in [0.25, 0.3) is 0 Å². The fraction of sp³-hybridized carbons (Fsp3) is 0.421. The molecule has 0 aromatic heterocycles. The van der Waals surface area contributed by atoms with Gasteiger partial charge in [0.1, 0.15) is 6.61 Å². The molecule has 0 spiro atoms. The van der Waals surface area contributed by atoms with Gasteiger partial charge in [-0.25, -0.2) is 14.4 Å². The molecule has 0 saturated heterocycles. The van der Waals surface area contributed by atoms with E-state index in [2.05, 4.69) is 10.6 Å². The fourth-order valence-electron chi connectivity index (χ4n) is 2.81. The topological polar surface area (TPSA) is 121 Å². The maximum Gasteiger partial charge on any atom is 0.338 e. The maximum absolute atomic E-state index is 12.5. The first-order valence-electron chi connectivity index (χ1n) is 8.81. The predicted octanol–water partition coefficient (Wildman–Crippen LogP) is 1.39. The molecular weight excluding hydrogens is 384 g/mol. The van der Waals surface area contributed by atoms with E-state index in [4.69, 9.17) is 23.7 Å². The van der Waals surface area contributed by atoms with Crippen LogP contribution < -0.4 is 24.8 Å². The van der Waals surface area contributed by atoms with E-state index >= 15 is 0 Å². The summed E-state index contributed by atoms with van der Waals surface area (Å²) in [6, 6.07) is 1.77. The molecule has 2 rings (SSSR count). The van der Waals surface area contributed by atoms with Gasteiger partial charge in [-0.1, -0.05) is 0 Å². The Hall–Kier alpha value is -3.43. The van der Waals surface area contributed by atoms with Crippen molar-refractivity contribution in [1.29, 1.82) is 0 Å². The van der Waals surface area contributed by atoms with Gasteiger partial charge in [-0.3, -0.25) is 0 Å². The standard InChI is InChI=1S/C19H24N2O8/c1-6-28-18(23)15-10(2)20-19(24)21-12(15)9-29-17(22)11-7-13(25-3)16(27-5)14(8-11)26-4/h7-8,10H,6,9H2,1-5H3,(H2,20,21,24)/t10-/m0/s1. The first kappa shape index (κ1) is 21.9. The molecule has 1 aliphatic heterocycles. The number of esters is 2. The van der Waals surface area contributed by atoms with Crippen molar-refractivity contribution in [3.05, 3.63) is 29.0 Å². The molecule has 2 N–H and O–H groups in total. The minimum absolute atomic E-state index is 0.145. The number of carbonyl (C=O) groups is 3. The van der Waals surface area contributed by atoms with Gasteiger partial charge in [-0.05, 0) is 26.0 Å². The molecule has 29 heavy (non-hydrogen) atoms. The van der Waals surface area contributed by atoms with Gasteiger partial charge in [-0.15, -0.1) is 0 Å². The van der Waals surface area contributed by atoms with E-state index < -0.39 is 24.0 Å². The number of urea groups is 1. The van der Waals surface area contributed by atoms with Gasteiger partial charge in [0, 0.05) is 0 Å². The van der Waals surface area contributed by atoms with Crippen LogP contribution in [0.15, 0.2) is 23.4 Å². The van der Waals surface area contributed by atoms with Gasteiger partial charge >= 0.3 is 18.0 Å². The number of amides is 2. The van der Waals surface area contributed by atoms with Crippen LogP contribution in [0.25, 0.3) is 0 Å². The van der Waals surface area contributed by atoms with E-state index in [1.54, 1.807) is 13.8 Å². The van der Waals surface area contributed by atoms with Crippen molar-refractivity contribution in [2.45, 2.75) is 19.9 Å². The zero-order valence-corrected chi connectivity index (χ0v) is 16.9. The van der Waals surface area contributed by atoms with Crippen molar-refractivity contribution >= 4 is 18.0 Å². The molecule has 1 aliphatic rings. The lowest BCUT2D eigenvalue weighted by atomic mass is 10.0. The summed E-state index contributed by atoms with van der Waals surface area (Å²) < 4.78 is 26.0. The lowest BCUT2D eigenvalue weighted by Crippen LogP contribution is -2.50. The van der Waals surface area contributed by atoms with Crippen LogP contribution >= 0.6 is 0 Å². The fourth-order valence-corrected chi connectivity index (χ4v) is 2.81. The molecule has 0 unspecified atom stereocenters. The van der Waals surface area contributed by atoms with Crippen molar-refractivity contribution < 1.29 is 38.1 Å². The number of hydrogen-bond acceptors (Lipinski definition) is 8. The van der Waals surface area contributed by atoms with E-state index in [1.807, 2.05) is 0 Å². The Morgan fingerprint density at radius 1 is 1.00 bits per heavy atom. The van der Waals surface area contributed by atoms with Gasteiger partial charge in [0.15, 0.2) is 11.5 Å². The summed E-state index contributed by atoms with van der Waals surface area (Å²) in [5.74, 6) is -0.409. The van der Waals surface area contributed by atoms with Crippen molar-refractivity contribution in [2.75, 3.05) is 34.5 Å². The van der Waals surface area contributed by atoms with Gasteiger partial charge in [0.05, 0.1) is 50.8 Å². The Balaban J connectivity index is 2.27. The van der Waals surface area contributed by atoms with Crippen LogP contribution in [0.4, 0.5) is 4.79 Å². The monoisotopic (exact) mass is 408 g/mol. The Bertz CT molecular complexity index is 808. The van der Waals surface area contributed by atoms with Crippen molar-refractivity contribution in [3.63, 3.8) is 0 Å². The lowest BCUT2D eigenvalue weighted by Gasteiger charge is -2.26. The summed E-state index contributed by atoms with van der Waals surface area (Å²) in [5, 5.41) is 5.05. The Morgan fingerprint density at radius 3 is 2.14 bits per heavy atom. The second-order valence-electron chi connectivity index (χ2n) is 5.92. The smallest absolute Gasteiger partial charge is 0.338 e. The molecule has 10 heteroatoms. The average molecular weight is 408 g/mol. The zero-order valence-electron chi connectivity index (χ0n) is 16.9. The third kappa shape index (κ3) is 4.89. The number of benzene rings is 1. The Morgan fingerprint density at radius 2 is 1.62 bits per heavy atom. The molecule has 2 amide bonds. The Kier molecular flexibility index (Phi) is 7.29. The maximum atomic E-state index is 12.5. The summed E-state index contributed by atoms with van der Waals surface area (Å²) in [7, 11) is 4.30. The molecular formula is C19H24N2O8. The number of methoxy groups -OCH3 is 3. The molecule has 1 aromatic carbocycles. The van der Waals surface area contributed by atoms with Gasteiger partial charge in [-0.2, -0.15) is 0 Å². The zero-order chi connectivity index (χ0) is 21.6. The highest BCUT2D eigenvalue weighted by atomic mass is 16.5. The van der Waals surface area contributed by atoms with Crippen molar-refractivity contribution in [1.82, 2.24) is 10.6 Å². The molecule has 0 fully saturated rings. The molecule has 1 atom stereocenters. The molecule has 0 saturated carbocycles. The van der Waals surface area contributed by atoms with Crippen LogP contribution in [0, 0.1) is 0 Å². The minimum Gasteiger partial charge on any atom is -0.493 e. The number of rotatable bonds is 8. The highest BCUT2D eigenvalue weighted by Gasteiger charge is 2.30. The van der Waals surface area contributed by atoms with Crippen LogP contribution in [0.5, 0.6) is 17.2 Å². The van der Waals surface area contributed by atoms with Crippen molar-refractivity contribution in [3.8, 4) is 17.2 Å². The van der Waals surface area contributed by atoms with Crippen molar-refractivity contribution in [2.24, 2.45) is 0 Å². The van der Waals surface area contributed by atoms with E-state index in [9.17, 15) is 14.4 Å². The summed E-state index contributed by atoms with van der Waals surface area (Å²) in [4.78, 5) is 36.5. The summed E-state index contributed by atoms with van der Waals surface area (Å²) in [6.45, 7) is 3.14. The number of nitrogens with one attached hydrogen (secondary N) is 2. The summed E-state index contributed by atoms with van der Waals surface area (Å²) >= 11 is 0. The minimum atomic E-state index is -0.708. The van der Waals surface area contributed by atoms with Crippen LogP contribution in [0.1, 0.15) is 24.2 Å². The highest BCUT2D eigenvalue weighted by molar-refractivity contribution is 5.95. The first-order chi connectivity index (χ1) is 13.9. The number of carbonyl (C=O) groups excluding carboxylic acids is 3. The van der Waals surface area contributed by atoms with Crippen LogP contribution in [-0.4, -0.2) is 58.6 Å². The molecule has 0 bridgehead atoms. The average Bonchev–Trinajstić information content (AvgIpc) is 2.70. The van der Waals surface area contributed by atoms with Crippen LogP contribution in [0.3, 0.4) is 0 Å². The third-order valence-corrected chi connectivity index (χ3v) is 4.11. The van der Waals surface area contributed by atoms with E-state index in [0.717, 1.165) is 0 Å². The second-order valence-corrected chi connectivity index (χ2v) is 5.92. The lowest BCUT2D eigenvalue weighted by molar-refractivity contribution is -0.139. The van der Waals surface area contributed by atoms with Gasteiger partial charge in [0.2, 0.25) is 5.75 Å². The number of ether oxygens (including phenoxy) is 5. The quantitative estimate of drug-likeness (QED) is 0.619. The summed E-state index contributed by atoms with van der Waals surface area (Å²) in [6.07, 6.45) is 0. The first-order valence-corrected chi connectivity index (χ1v) is 8.81. The van der Waals surface area contributed by atoms with Crippen LogP contribution in [0.2, 0.25) is 0 Å². The molecule has 1 heterocycles. The molecule has 0 aliphatic carbocycles. The SMILES string of the molecule is CCOC(=O)C1=C(COC(=O)c2cc(OC)c(OC)c(OC)c2)NC(=O)N[C@H]1C. The largest absolute Gasteiger partial charge is 0.493 e. The molecule has 158 valence electrons. The Labute approximate surface area is 168 Å². The van der Waals surface area contributed by atoms with E-state index in [-0.39, 0.29) is 41.5 Å². The number of hydrogen-bond donors (Lipinski definition) is 2. The van der Waals surface area contributed by atoms with E-state index in [1.165, 1.54) is 33.5 Å². The molecule has 0 radical (unpaired) electrons. The third-order valence-electron chi connectivity index (χ3n) is 4.11. The highest BCUT2D eigenvalue weighted by Crippen LogP contribution is 2.38. The van der Waals surface area contributed by atoms with Gasteiger partial charge < -0.3 is 34.3 Å². The normalized spacial score (nSPS) is 15.8. The van der Waals surface area contributed by atoms with E-state index in [0.29, 0.717) is 5.75 Å². The predicted molar refractivity (Wildman–Crippen MR) is 101 cm³/mol. The summed E-state index contributed by atoms with van der Waals surface area (Å²) in [5.41, 5.74) is 0.482. The molecule has 1 aromatic rings. The van der Waals surface area contributed by atoms with Crippen LogP contribution in [-0.2, 0) is 14.3 Å². The molecule has 10 nitrogen and oxygen atoms in total.